The number of anilines is 1. The monoisotopic (exact) mass is 730 g/mol. The fraction of sp³-hybridized carbons (Fsp3) is 0.800. The van der Waals surface area contributed by atoms with Crippen molar-refractivity contribution in [3.63, 3.8) is 0 Å². The Labute approximate surface area is 272 Å². The molecular formula is C25H45N6O13P3. The highest BCUT2D eigenvalue weighted by Gasteiger charge is 2.47. The number of rotatable bonds is 17. The molecule has 1 aliphatic carbocycles. The summed E-state index contributed by atoms with van der Waals surface area (Å²) >= 11 is 0. The van der Waals surface area contributed by atoms with Gasteiger partial charge in [0.15, 0.2) is 17.7 Å². The van der Waals surface area contributed by atoms with E-state index in [0.717, 1.165) is 25.7 Å². The molecule has 2 fully saturated rings. The van der Waals surface area contributed by atoms with E-state index in [1.807, 2.05) is 0 Å². The number of phosphoric ester groups is 2. The van der Waals surface area contributed by atoms with Crippen LogP contribution in [0.15, 0.2) is 12.7 Å². The van der Waals surface area contributed by atoms with Gasteiger partial charge in [-0.15, -0.1) is 0 Å². The third kappa shape index (κ3) is 11.9. The summed E-state index contributed by atoms with van der Waals surface area (Å²) in [7, 11) is -16.3. The molecule has 8 N–H and O–H groups in total. The van der Waals surface area contributed by atoms with Crippen molar-refractivity contribution in [2.75, 3.05) is 25.5 Å². The molecule has 7 unspecified atom stereocenters. The summed E-state index contributed by atoms with van der Waals surface area (Å²) in [6, 6.07) is 0.540. The summed E-state index contributed by atoms with van der Waals surface area (Å²) in [5, 5.41) is 24.5. The number of imidazole rings is 1. The number of nitrogens with one attached hydrogen (secondary N) is 1. The molecule has 268 valence electrons. The maximum absolute atomic E-state index is 12.4. The Hall–Kier alpha value is -1.40. The average molecular weight is 731 g/mol. The highest BCUT2D eigenvalue weighted by Crippen LogP contribution is 2.67. The van der Waals surface area contributed by atoms with Gasteiger partial charge in [-0.1, -0.05) is 51.4 Å². The zero-order chi connectivity index (χ0) is 34.1. The van der Waals surface area contributed by atoms with Crippen molar-refractivity contribution in [1.29, 1.82) is 0 Å². The smallest absolute Gasteiger partial charge is 0.387 e. The normalized spacial score (nSPS) is 27.0. The predicted molar refractivity (Wildman–Crippen MR) is 166 cm³/mol. The van der Waals surface area contributed by atoms with Crippen LogP contribution in [-0.4, -0.2) is 88.5 Å². The zero-order valence-electron chi connectivity index (χ0n) is 25.9. The topological polar surface area (TPSA) is 280 Å². The minimum Gasteiger partial charge on any atom is -0.387 e. The van der Waals surface area contributed by atoms with Crippen LogP contribution >= 0.6 is 23.5 Å². The van der Waals surface area contributed by atoms with E-state index in [1.165, 1.54) is 62.3 Å². The Balaban J connectivity index is 1.14. The molecular weight excluding hydrogens is 685 g/mol. The molecule has 0 amide bonds. The quantitative estimate of drug-likeness (QED) is 0.0909. The van der Waals surface area contributed by atoms with Crippen molar-refractivity contribution >= 4 is 40.4 Å². The molecule has 1 saturated carbocycles. The maximum Gasteiger partial charge on any atom is 0.490 e. The molecule has 1 aliphatic heterocycles. The fourth-order valence-electron chi connectivity index (χ4n) is 5.55. The molecule has 2 aromatic heterocycles. The number of aliphatic hydroxyl groups is 2. The van der Waals surface area contributed by atoms with E-state index in [-0.39, 0.29) is 23.6 Å². The first kappa shape index (κ1) is 38.4. The van der Waals surface area contributed by atoms with Gasteiger partial charge in [-0.25, -0.2) is 28.6 Å². The third-order valence-electron chi connectivity index (χ3n) is 7.93. The Bertz CT molecular complexity index is 1430. The zero-order valence-corrected chi connectivity index (χ0v) is 28.5. The number of hydrogen-bond donors (Lipinski definition) is 7. The molecule has 19 nitrogen and oxygen atoms in total. The molecule has 2 aliphatic rings. The predicted octanol–water partition coefficient (Wildman–Crippen LogP) is 3.05. The van der Waals surface area contributed by atoms with Gasteiger partial charge < -0.3 is 40.7 Å². The number of aromatic nitrogens is 4. The van der Waals surface area contributed by atoms with E-state index in [0.29, 0.717) is 18.9 Å². The number of ether oxygens (including phenoxy) is 1. The van der Waals surface area contributed by atoms with Crippen LogP contribution < -0.4 is 11.1 Å². The van der Waals surface area contributed by atoms with Crippen LogP contribution in [0.1, 0.15) is 83.3 Å². The second kappa shape index (κ2) is 17.5. The van der Waals surface area contributed by atoms with Gasteiger partial charge in [-0.3, -0.25) is 13.6 Å². The lowest BCUT2D eigenvalue weighted by Crippen LogP contribution is -2.33. The van der Waals surface area contributed by atoms with E-state index in [4.69, 9.17) is 15.0 Å². The van der Waals surface area contributed by atoms with Crippen LogP contribution in [0.2, 0.25) is 0 Å². The van der Waals surface area contributed by atoms with Crippen LogP contribution in [0.4, 0.5) is 5.82 Å². The van der Waals surface area contributed by atoms with Crippen molar-refractivity contribution in [2.45, 2.75) is 108 Å². The largest absolute Gasteiger partial charge is 0.490 e. The lowest BCUT2D eigenvalue weighted by molar-refractivity contribution is -0.0503. The minimum absolute atomic E-state index is 0.0577. The van der Waals surface area contributed by atoms with Crippen LogP contribution in [0.3, 0.4) is 0 Å². The summed E-state index contributed by atoms with van der Waals surface area (Å²) in [6.45, 7) is -0.320. The molecule has 2 aromatic rings. The lowest BCUT2D eigenvalue weighted by atomic mass is 10.0. The number of unbranched alkanes of at least 4 members (excludes halogenated alkanes) is 3. The standard InChI is InChI=1S/C25H45N6O13P3/c26-23-20-24(29-16-28-23)31(17-30-20)25-22(33)21(32)19(42-25)15-41-46(36,37)44-47(38,39)43-45(34,35)40-14-10-6-5-9-13-27-18-11-7-3-1-2-4-8-12-18/h16-19,21-22,25,27,32-33H,1-15H2,(H,34,35)(H,36,37)(H,38,39)(H2,26,28,29). The van der Waals surface area contributed by atoms with Crippen molar-refractivity contribution < 1.29 is 61.0 Å². The summed E-state index contributed by atoms with van der Waals surface area (Å²) in [5.41, 5.74) is 6.13. The number of nitrogens with zero attached hydrogens (tertiary/aromatic N) is 4. The first-order chi connectivity index (χ1) is 22.3. The van der Waals surface area contributed by atoms with Crippen LogP contribution in [0, 0.1) is 0 Å². The van der Waals surface area contributed by atoms with E-state index in [1.54, 1.807) is 0 Å². The van der Waals surface area contributed by atoms with Crippen LogP contribution in [-0.2, 0) is 36.1 Å². The Kier molecular flexibility index (Phi) is 14.3. The first-order valence-electron chi connectivity index (χ1n) is 15.6. The van der Waals surface area contributed by atoms with Gasteiger partial charge in [0, 0.05) is 6.04 Å². The number of nitrogen functional groups attached to an aromatic ring is 1. The molecule has 0 aromatic carbocycles. The average Bonchev–Trinajstić information content (AvgIpc) is 3.57. The van der Waals surface area contributed by atoms with E-state index >= 15 is 0 Å². The van der Waals surface area contributed by atoms with Gasteiger partial charge in [-0.2, -0.15) is 8.62 Å². The maximum atomic E-state index is 12.4. The summed E-state index contributed by atoms with van der Waals surface area (Å²) < 4.78 is 61.2. The number of hydrogen-bond acceptors (Lipinski definition) is 15. The van der Waals surface area contributed by atoms with Crippen LogP contribution in [0.25, 0.3) is 11.2 Å². The van der Waals surface area contributed by atoms with Crippen molar-refractivity contribution in [3.8, 4) is 0 Å². The molecule has 0 bridgehead atoms. The highest BCUT2D eigenvalue weighted by molar-refractivity contribution is 7.66. The molecule has 7 atom stereocenters. The van der Waals surface area contributed by atoms with Gasteiger partial charge in [0.2, 0.25) is 0 Å². The Morgan fingerprint density at radius 3 is 2.19 bits per heavy atom. The number of fused-ring (bicyclic) bond motifs is 1. The van der Waals surface area contributed by atoms with Gasteiger partial charge in [0.1, 0.15) is 30.2 Å². The molecule has 4 rings (SSSR count). The number of phosphoric acid groups is 3. The van der Waals surface area contributed by atoms with Crippen LogP contribution in [0.5, 0.6) is 0 Å². The van der Waals surface area contributed by atoms with Crippen molar-refractivity contribution in [3.05, 3.63) is 12.7 Å². The summed E-state index contributed by atoms with van der Waals surface area (Å²) in [6.07, 6.45) is 9.29. The molecule has 0 radical (unpaired) electrons. The summed E-state index contributed by atoms with van der Waals surface area (Å²) in [4.78, 5) is 41.5. The fourth-order valence-corrected chi connectivity index (χ4v) is 9.09. The first-order valence-corrected chi connectivity index (χ1v) is 20.1. The van der Waals surface area contributed by atoms with E-state index in [2.05, 4.69) is 33.4 Å². The molecule has 1 saturated heterocycles. The number of nitrogens with two attached hydrogens (primary N) is 1. The van der Waals surface area contributed by atoms with Crippen molar-refractivity contribution in [1.82, 2.24) is 24.8 Å². The van der Waals surface area contributed by atoms with Gasteiger partial charge in [0.05, 0.1) is 19.5 Å². The SMILES string of the molecule is Nc1ncnc2c1ncn2C1OC(COP(=O)(O)OP(=O)(O)OP(=O)(O)OCCCCCCNC2CCCCCCCC2)C(O)C1O. The summed E-state index contributed by atoms with van der Waals surface area (Å²) in [5.74, 6) is 0.0577. The molecule has 22 heteroatoms. The Morgan fingerprint density at radius 1 is 0.851 bits per heavy atom. The minimum atomic E-state index is -5.68. The lowest BCUT2D eigenvalue weighted by Gasteiger charge is -2.20. The van der Waals surface area contributed by atoms with Gasteiger partial charge >= 0.3 is 23.5 Å². The second-order valence-corrected chi connectivity index (χ2v) is 16.2. The van der Waals surface area contributed by atoms with E-state index < -0.39 is 54.6 Å². The second-order valence-electron chi connectivity index (χ2n) is 11.6. The van der Waals surface area contributed by atoms with Crippen molar-refractivity contribution in [2.24, 2.45) is 0 Å². The highest BCUT2D eigenvalue weighted by atomic mass is 31.3. The number of aliphatic hydroxyl groups excluding tert-OH is 2. The third-order valence-corrected chi connectivity index (χ3v) is 12.2. The molecule has 3 heterocycles. The van der Waals surface area contributed by atoms with Gasteiger partial charge in [-0.05, 0) is 32.2 Å². The molecule has 0 spiro atoms. The van der Waals surface area contributed by atoms with Gasteiger partial charge in [0.25, 0.3) is 0 Å². The Morgan fingerprint density at radius 2 is 1.49 bits per heavy atom. The molecule has 47 heavy (non-hydrogen) atoms. The van der Waals surface area contributed by atoms with E-state index in [9.17, 15) is 38.6 Å².